The van der Waals surface area contributed by atoms with Crippen LogP contribution in [-0.4, -0.2) is 66.3 Å². The maximum atomic E-state index is 14.0. The second kappa shape index (κ2) is 10.1. The van der Waals surface area contributed by atoms with Crippen molar-refractivity contribution in [1.82, 2.24) is 14.7 Å². The van der Waals surface area contributed by atoms with Gasteiger partial charge in [0.1, 0.15) is 6.54 Å². The first-order chi connectivity index (χ1) is 14.8. The lowest BCUT2D eigenvalue weighted by atomic mass is 10.1. The summed E-state index contributed by atoms with van der Waals surface area (Å²) in [7, 11) is 3.25. The zero-order valence-electron chi connectivity index (χ0n) is 18.6. The molecule has 7 nitrogen and oxygen atoms in total. The minimum Gasteiger partial charge on any atom is -0.490 e. The Balaban J connectivity index is 1.41. The molecule has 3 rings (SSSR count). The Morgan fingerprint density at radius 3 is 2.65 bits per heavy atom. The van der Waals surface area contributed by atoms with Gasteiger partial charge in [0.05, 0.1) is 12.6 Å². The minimum absolute atomic E-state index is 0.0180. The number of carbonyl (C=O) groups excluding carboxylic acids is 3. The molecule has 1 aliphatic heterocycles. The zero-order chi connectivity index (χ0) is 22.5. The highest BCUT2D eigenvalue weighted by Crippen LogP contribution is 2.31. The number of rotatable bonds is 11. The molecule has 31 heavy (non-hydrogen) atoms. The van der Waals surface area contributed by atoms with Gasteiger partial charge < -0.3 is 14.5 Å². The van der Waals surface area contributed by atoms with E-state index in [2.05, 4.69) is 0 Å². The molecule has 8 heteroatoms. The molecule has 0 N–H and O–H groups in total. The van der Waals surface area contributed by atoms with E-state index in [0.29, 0.717) is 31.9 Å². The lowest BCUT2D eigenvalue weighted by molar-refractivity contribution is -0.132. The predicted octanol–water partition coefficient (Wildman–Crippen LogP) is 3.59. The minimum atomic E-state index is -0.380. The number of imide groups is 1. The van der Waals surface area contributed by atoms with Gasteiger partial charge >= 0.3 is 6.03 Å². The van der Waals surface area contributed by atoms with Gasteiger partial charge in [0.15, 0.2) is 11.6 Å². The molecule has 1 aromatic carbocycles. The Labute approximate surface area is 183 Å². The quantitative estimate of drug-likeness (QED) is 0.395. The Morgan fingerprint density at radius 1 is 1.26 bits per heavy atom. The summed E-state index contributed by atoms with van der Waals surface area (Å²) in [6.07, 6.45) is 4.93. The van der Waals surface area contributed by atoms with Crippen LogP contribution in [0.3, 0.4) is 0 Å². The third-order valence-corrected chi connectivity index (χ3v) is 6.16. The van der Waals surface area contributed by atoms with Crippen molar-refractivity contribution in [2.75, 3.05) is 33.8 Å². The standard InChI is InChI=1S/C23H32FN3O4/c1-16(18-10-11-19(24)20(13-18)31-15-17-8-9-17)25(2)21(28)7-5-4-6-12-27-14-22(29)26(3)23(27)30/h10-11,13,16-17H,4-9,12,14-15H2,1-3H3/t16-/m1/s1. The molecule has 0 spiro atoms. The highest BCUT2D eigenvalue weighted by atomic mass is 19.1. The highest BCUT2D eigenvalue weighted by molar-refractivity contribution is 6.01. The van der Waals surface area contributed by atoms with Crippen LogP contribution >= 0.6 is 0 Å². The van der Waals surface area contributed by atoms with E-state index in [1.165, 1.54) is 18.0 Å². The van der Waals surface area contributed by atoms with Crippen LogP contribution in [0.15, 0.2) is 18.2 Å². The van der Waals surface area contributed by atoms with Crippen LogP contribution < -0.4 is 4.74 Å². The van der Waals surface area contributed by atoms with Crippen molar-refractivity contribution < 1.29 is 23.5 Å². The normalized spacial score (nSPS) is 17.3. The third-order valence-electron chi connectivity index (χ3n) is 6.16. The predicted molar refractivity (Wildman–Crippen MR) is 114 cm³/mol. The van der Waals surface area contributed by atoms with Crippen molar-refractivity contribution >= 4 is 17.8 Å². The number of hydrogen-bond donors (Lipinski definition) is 0. The Morgan fingerprint density at radius 2 is 2.00 bits per heavy atom. The van der Waals surface area contributed by atoms with Gasteiger partial charge in [0.2, 0.25) is 11.8 Å². The molecule has 4 amide bonds. The van der Waals surface area contributed by atoms with Gasteiger partial charge in [-0.15, -0.1) is 0 Å². The summed E-state index contributed by atoms with van der Waals surface area (Å²) in [4.78, 5) is 40.3. The number of urea groups is 1. The van der Waals surface area contributed by atoms with E-state index in [4.69, 9.17) is 4.74 Å². The summed E-state index contributed by atoms with van der Waals surface area (Å²) in [6, 6.07) is 4.33. The van der Waals surface area contributed by atoms with E-state index in [1.54, 1.807) is 24.1 Å². The number of benzene rings is 1. The van der Waals surface area contributed by atoms with E-state index < -0.39 is 0 Å². The molecular weight excluding hydrogens is 401 g/mol. The van der Waals surface area contributed by atoms with Gasteiger partial charge in [0.25, 0.3) is 0 Å². The van der Waals surface area contributed by atoms with Crippen molar-refractivity contribution in [2.45, 2.75) is 51.5 Å². The molecule has 170 valence electrons. The van der Waals surface area contributed by atoms with E-state index in [9.17, 15) is 18.8 Å². The molecule has 2 aliphatic rings. The van der Waals surface area contributed by atoms with E-state index in [-0.39, 0.29) is 42.0 Å². The van der Waals surface area contributed by atoms with Crippen molar-refractivity contribution in [1.29, 1.82) is 0 Å². The van der Waals surface area contributed by atoms with Crippen molar-refractivity contribution in [3.05, 3.63) is 29.6 Å². The molecule has 1 saturated carbocycles. The van der Waals surface area contributed by atoms with Gasteiger partial charge in [-0.3, -0.25) is 14.5 Å². The molecule has 1 heterocycles. The van der Waals surface area contributed by atoms with Gasteiger partial charge in [-0.05, 0) is 56.2 Å². The summed E-state index contributed by atoms with van der Waals surface area (Å²) in [6.45, 7) is 3.12. The number of halogens is 1. The smallest absolute Gasteiger partial charge is 0.326 e. The third kappa shape index (κ3) is 5.95. The fourth-order valence-corrected chi connectivity index (χ4v) is 3.58. The van der Waals surface area contributed by atoms with Crippen LogP contribution in [0.5, 0.6) is 5.75 Å². The molecule has 1 aromatic rings. The van der Waals surface area contributed by atoms with Crippen LogP contribution in [0.2, 0.25) is 0 Å². The van der Waals surface area contributed by atoms with Crippen molar-refractivity contribution in [3.8, 4) is 5.75 Å². The second-order valence-electron chi connectivity index (χ2n) is 8.59. The first-order valence-corrected chi connectivity index (χ1v) is 11.0. The number of ether oxygens (including phenoxy) is 1. The maximum Gasteiger partial charge on any atom is 0.326 e. The molecule has 1 atom stereocenters. The average molecular weight is 434 g/mol. The number of amides is 4. The van der Waals surface area contributed by atoms with E-state index in [0.717, 1.165) is 36.1 Å². The lowest BCUT2D eigenvalue weighted by Crippen LogP contribution is -2.30. The van der Waals surface area contributed by atoms with Crippen LogP contribution in [0.4, 0.5) is 9.18 Å². The largest absolute Gasteiger partial charge is 0.490 e. The number of likely N-dealkylation sites (N-methyl/N-ethyl adjacent to an activating group) is 1. The Bertz CT molecular complexity index is 827. The molecule has 1 aliphatic carbocycles. The van der Waals surface area contributed by atoms with Crippen LogP contribution in [0.25, 0.3) is 0 Å². The van der Waals surface area contributed by atoms with Gasteiger partial charge in [-0.1, -0.05) is 12.5 Å². The number of hydrogen-bond acceptors (Lipinski definition) is 4. The lowest BCUT2D eigenvalue weighted by Gasteiger charge is -2.26. The molecule has 0 bridgehead atoms. The summed E-state index contributed by atoms with van der Waals surface area (Å²) in [5, 5.41) is 0. The molecule has 0 aromatic heterocycles. The SMILES string of the molecule is C[C@H](c1ccc(F)c(OCC2CC2)c1)N(C)C(=O)CCCCCN1CC(=O)N(C)C1=O. The van der Waals surface area contributed by atoms with Gasteiger partial charge in [0, 0.05) is 27.1 Å². The summed E-state index contributed by atoms with van der Waals surface area (Å²) >= 11 is 0. The number of unbranched alkanes of at least 4 members (excludes halogenated alkanes) is 2. The van der Waals surface area contributed by atoms with Crippen molar-refractivity contribution in [3.63, 3.8) is 0 Å². The molecule has 2 fully saturated rings. The fraction of sp³-hybridized carbons (Fsp3) is 0.609. The first-order valence-electron chi connectivity index (χ1n) is 11.0. The molecule has 1 saturated heterocycles. The van der Waals surface area contributed by atoms with Crippen LogP contribution in [-0.2, 0) is 9.59 Å². The van der Waals surface area contributed by atoms with Gasteiger partial charge in [-0.2, -0.15) is 0 Å². The van der Waals surface area contributed by atoms with E-state index >= 15 is 0 Å². The fourth-order valence-electron chi connectivity index (χ4n) is 3.58. The van der Waals surface area contributed by atoms with Crippen molar-refractivity contribution in [2.24, 2.45) is 5.92 Å². The zero-order valence-corrected chi connectivity index (χ0v) is 18.6. The van der Waals surface area contributed by atoms with Crippen LogP contribution in [0.1, 0.15) is 57.1 Å². The summed E-state index contributed by atoms with van der Waals surface area (Å²) < 4.78 is 19.6. The molecule has 0 radical (unpaired) electrons. The summed E-state index contributed by atoms with van der Waals surface area (Å²) in [5.74, 6) is 0.240. The Kier molecular flexibility index (Phi) is 7.51. The second-order valence-corrected chi connectivity index (χ2v) is 8.59. The Hall–Kier alpha value is -2.64. The maximum absolute atomic E-state index is 14.0. The first kappa shape index (κ1) is 23.0. The van der Waals surface area contributed by atoms with Crippen LogP contribution in [0, 0.1) is 11.7 Å². The van der Waals surface area contributed by atoms with Gasteiger partial charge in [-0.25, -0.2) is 9.18 Å². The number of nitrogens with zero attached hydrogens (tertiary/aromatic N) is 3. The average Bonchev–Trinajstić information content (AvgIpc) is 3.55. The monoisotopic (exact) mass is 433 g/mol. The molecular formula is C23H32FN3O4. The topological polar surface area (TPSA) is 70.2 Å². The summed E-state index contributed by atoms with van der Waals surface area (Å²) in [5.41, 5.74) is 0.837. The highest BCUT2D eigenvalue weighted by Gasteiger charge is 2.32. The molecule has 0 unspecified atom stereocenters. The van der Waals surface area contributed by atoms with E-state index in [1.807, 2.05) is 6.92 Å². The number of carbonyl (C=O) groups is 3.